The van der Waals surface area contributed by atoms with Crippen LogP contribution in [0.1, 0.15) is 43.2 Å². The third-order valence-corrected chi connectivity index (χ3v) is 9.46. The molecule has 2 N–H and O–H groups in total. The highest BCUT2D eigenvalue weighted by atomic mass is 32.2. The molecule has 0 atom stereocenters. The first-order valence-corrected chi connectivity index (χ1v) is 14.5. The van der Waals surface area contributed by atoms with Crippen molar-refractivity contribution in [2.45, 2.75) is 61.0 Å². The third-order valence-electron chi connectivity index (χ3n) is 6.12. The third kappa shape index (κ3) is 7.07. The average molecular weight is 521 g/mol. The van der Waals surface area contributed by atoms with Crippen molar-refractivity contribution in [3.8, 4) is 11.5 Å². The summed E-state index contributed by atoms with van der Waals surface area (Å²) in [5.41, 5.74) is 1.91. The first kappa shape index (κ1) is 27.2. The van der Waals surface area contributed by atoms with Gasteiger partial charge in [-0.25, -0.2) is 8.42 Å². The summed E-state index contributed by atoms with van der Waals surface area (Å²) < 4.78 is 37.8. The van der Waals surface area contributed by atoms with Crippen molar-refractivity contribution in [1.29, 1.82) is 0 Å². The molecule has 7 nitrogen and oxygen atoms in total. The first-order chi connectivity index (χ1) is 16.8. The van der Waals surface area contributed by atoms with Crippen LogP contribution in [0.25, 0.3) is 0 Å². The lowest BCUT2D eigenvalue weighted by atomic mass is 10.0. The second kappa shape index (κ2) is 12.5. The van der Waals surface area contributed by atoms with Gasteiger partial charge in [-0.05, 0) is 56.0 Å². The topological polar surface area (TPSA) is 93.7 Å². The quantitative estimate of drug-likeness (QED) is 0.413. The number of thioether (sulfide) groups is 1. The number of anilines is 1. The van der Waals surface area contributed by atoms with E-state index in [4.69, 9.17) is 9.47 Å². The van der Waals surface area contributed by atoms with Gasteiger partial charge in [0.1, 0.15) is 0 Å². The maximum Gasteiger partial charge on any atom is 0.239 e. The van der Waals surface area contributed by atoms with E-state index in [1.165, 1.54) is 58.5 Å². The van der Waals surface area contributed by atoms with E-state index in [0.717, 1.165) is 11.3 Å². The van der Waals surface area contributed by atoms with Gasteiger partial charge in [0, 0.05) is 23.6 Å². The van der Waals surface area contributed by atoms with Gasteiger partial charge < -0.3 is 20.1 Å². The van der Waals surface area contributed by atoms with E-state index in [1.807, 2.05) is 24.8 Å². The van der Waals surface area contributed by atoms with Crippen LogP contribution in [0, 0.1) is 13.8 Å². The Hall–Kier alpha value is -2.39. The molecule has 0 bridgehead atoms. The van der Waals surface area contributed by atoms with E-state index in [0.29, 0.717) is 34.5 Å². The number of carbonyl (C=O) groups is 1. The first-order valence-electron chi connectivity index (χ1n) is 12.0. The van der Waals surface area contributed by atoms with E-state index >= 15 is 0 Å². The monoisotopic (exact) mass is 520 g/mol. The Kier molecular flexibility index (Phi) is 9.74. The standard InChI is InChI=1S/C26H36N2O5S2/c1-18-14-19(2)26(35(30,31)21-10-11-23(32-3)24(16-21)33-4)22(15-18)28-17-25(29)27-12-13-34-20-8-6-5-7-9-20/h10-11,14-16,20,28H,5-9,12-13,17H2,1-4H3,(H,27,29). The van der Waals surface area contributed by atoms with Gasteiger partial charge in [0.25, 0.3) is 0 Å². The molecule has 0 unspecified atom stereocenters. The molecule has 2 aromatic carbocycles. The fraction of sp³-hybridized carbons (Fsp3) is 0.500. The molecule has 9 heteroatoms. The number of benzene rings is 2. The normalized spacial score (nSPS) is 14.4. The summed E-state index contributed by atoms with van der Waals surface area (Å²) in [5, 5.41) is 6.70. The molecule has 0 heterocycles. The molecule has 1 saturated carbocycles. The molecule has 0 spiro atoms. The van der Waals surface area contributed by atoms with Crippen molar-refractivity contribution in [2.75, 3.05) is 38.4 Å². The zero-order chi connectivity index (χ0) is 25.4. The SMILES string of the molecule is COc1ccc(S(=O)(=O)c2c(C)cc(C)cc2NCC(=O)NCCSC2CCCCC2)cc1OC. The fourth-order valence-electron chi connectivity index (χ4n) is 4.43. The second-order valence-corrected chi connectivity index (χ2v) is 12.1. The Morgan fingerprint density at radius 2 is 1.74 bits per heavy atom. The summed E-state index contributed by atoms with van der Waals surface area (Å²) in [7, 11) is -0.928. The minimum absolute atomic E-state index is 0.00849. The van der Waals surface area contributed by atoms with Gasteiger partial charge in [-0.1, -0.05) is 25.3 Å². The second-order valence-electron chi connectivity index (χ2n) is 8.81. The molecule has 3 rings (SSSR count). The molecule has 1 amide bonds. The lowest BCUT2D eigenvalue weighted by Crippen LogP contribution is -2.32. The highest BCUT2D eigenvalue weighted by Crippen LogP contribution is 2.36. The maximum absolute atomic E-state index is 13.6. The summed E-state index contributed by atoms with van der Waals surface area (Å²) in [5.74, 6) is 1.50. The number of aryl methyl sites for hydroxylation is 2. The molecule has 2 aromatic rings. The molecule has 192 valence electrons. The lowest BCUT2D eigenvalue weighted by molar-refractivity contribution is -0.119. The molecule has 0 aromatic heterocycles. The minimum Gasteiger partial charge on any atom is -0.493 e. The summed E-state index contributed by atoms with van der Waals surface area (Å²) in [6, 6.07) is 8.10. The zero-order valence-corrected chi connectivity index (χ0v) is 22.6. The number of ether oxygens (including phenoxy) is 2. The van der Waals surface area contributed by atoms with Gasteiger partial charge in [0.05, 0.1) is 36.2 Å². The van der Waals surface area contributed by atoms with Gasteiger partial charge >= 0.3 is 0 Å². The number of hydrogen-bond donors (Lipinski definition) is 2. The minimum atomic E-state index is -3.89. The Morgan fingerprint density at radius 3 is 2.43 bits per heavy atom. The van der Waals surface area contributed by atoms with Crippen LogP contribution < -0.4 is 20.1 Å². The van der Waals surface area contributed by atoms with E-state index in [1.54, 1.807) is 19.1 Å². The number of nitrogens with one attached hydrogen (secondary N) is 2. The molecule has 0 radical (unpaired) electrons. The van der Waals surface area contributed by atoms with Gasteiger partial charge in [-0.15, -0.1) is 0 Å². The highest BCUT2D eigenvalue weighted by Gasteiger charge is 2.26. The number of rotatable bonds is 11. The summed E-state index contributed by atoms with van der Waals surface area (Å²) in [6.07, 6.45) is 6.48. The largest absolute Gasteiger partial charge is 0.493 e. The molecular weight excluding hydrogens is 484 g/mol. The molecule has 0 saturated heterocycles. The molecule has 1 aliphatic carbocycles. The Bertz CT molecular complexity index is 1130. The lowest BCUT2D eigenvalue weighted by Gasteiger charge is -2.21. The Labute approximate surface area is 213 Å². The number of sulfone groups is 1. The van der Waals surface area contributed by atoms with E-state index in [2.05, 4.69) is 10.6 Å². The van der Waals surface area contributed by atoms with E-state index in [9.17, 15) is 13.2 Å². The number of hydrogen-bond acceptors (Lipinski definition) is 7. The predicted octanol–water partition coefficient (Wildman–Crippen LogP) is 4.75. The van der Waals surface area contributed by atoms with E-state index < -0.39 is 9.84 Å². The molecular formula is C26H36N2O5S2. The Balaban J connectivity index is 1.70. The van der Waals surface area contributed by atoms with Gasteiger partial charge in [-0.3, -0.25) is 4.79 Å². The van der Waals surface area contributed by atoms with Crippen LogP contribution >= 0.6 is 11.8 Å². The highest BCUT2D eigenvalue weighted by molar-refractivity contribution is 7.99. The van der Waals surface area contributed by atoms with Crippen LogP contribution in [0.4, 0.5) is 5.69 Å². The molecule has 0 aliphatic heterocycles. The van der Waals surface area contributed by atoms with Crippen LogP contribution in [-0.4, -0.2) is 52.6 Å². The zero-order valence-electron chi connectivity index (χ0n) is 21.0. The molecule has 35 heavy (non-hydrogen) atoms. The van der Waals surface area contributed by atoms with Crippen LogP contribution in [0.5, 0.6) is 11.5 Å². The maximum atomic E-state index is 13.6. The molecule has 1 fully saturated rings. The predicted molar refractivity (Wildman–Crippen MR) is 142 cm³/mol. The van der Waals surface area contributed by atoms with Gasteiger partial charge in [-0.2, -0.15) is 11.8 Å². The number of amides is 1. The molecule has 1 aliphatic rings. The van der Waals surface area contributed by atoms with Crippen LogP contribution in [0.3, 0.4) is 0 Å². The smallest absolute Gasteiger partial charge is 0.239 e. The van der Waals surface area contributed by atoms with Crippen LogP contribution in [-0.2, 0) is 14.6 Å². The number of carbonyl (C=O) groups excluding carboxylic acids is 1. The van der Waals surface area contributed by atoms with Crippen molar-refractivity contribution in [3.05, 3.63) is 41.5 Å². The van der Waals surface area contributed by atoms with Crippen molar-refractivity contribution < 1.29 is 22.7 Å². The van der Waals surface area contributed by atoms with Crippen molar-refractivity contribution in [3.63, 3.8) is 0 Å². The van der Waals surface area contributed by atoms with Crippen LogP contribution in [0.2, 0.25) is 0 Å². The summed E-state index contributed by atoms with van der Waals surface area (Å²) >= 11 is 1.93. The van der Waals surface area contributed by atoms with Crippen molar-refractivity contribution in [1.82, 2.24) is 5.32 Å². The average Bonchev–Trinajstić information content (AvgIpc) is 2.84. The van der Waals surface area contributed by atoms with Gasteiger partial charge in [0.15, 0.2) is 11.5 Å². The van der Waals surface area contributed by atoms with Crippen LogP contribution in [0.15, 0.2) is 40.1 Å². The fourth-order valence-corrected chi connectivity index (χ4v) is 7.30. The summed E-state index contributed by atoms with van der Waals surface area (Å²) in [4.78, 5) is 12.7. The Morgan fingerprint density at radius 1 is 1.03 bits per heavy atom. The summed E-state index contributed by atoms with van der Waals surface area (Å²) in [6.45, 7) is 4.25. The van der Waals surface area contributed by atoms with Gasteiger partial charge in [0.2, 0.25) is 15.7 Å². The van der Waals surface area contributed by atoms with E-state index in [-0.39, 0.29) is 22.2 Å². The number of methoxy groups -OCH3 is 2. The van der Waals surface area contributed by atoms with Crippen molar-refractivity contribution >= 4 is 33.2 Å². The van der Waals surface area contributed by atoms with Crippen molar-refractivity contribution in [2.24, 2.45) is 0 Å².